The van der Waals surface area contributed by atoms with Gasteiger partial charge in [0, 0.05) is 12.4 Å². The lowest BCUT2D eigenvalue weighted by Gasteiger charge is -2.30. The monoisotopic (exact) mass is 239 g/mol. The van der Waals surface area contributed by atoms with Gasteiger partial charge in [0.15, 0.2) is 0 Å². The van der Waals surface area contributed by atoms with Crippen molar-refractivity contribution in [2.45, 2.75) is 20.3 Å². The number of likely N-dealkylation sites (N-methyl/N-ethyl adjacent to an activating group) is 1. The smallest absolute Gasteiger partial charge is 0.149 e. The molecule has 1 saturated heterocycles. The summed E-state index contributed by atoms with van der Waals surface area (Å²) in [6, 6.07) is 0. The fraction of sp³-hybridized carbons (Fsp3) is 0.538. The highest BCUT2D eigenvalue weighted by Gasteiger charge is 2.18. The van der Waals surface area contributed by atoms with E-state index in [1.54, 1.807) is 0 Å². The molecule has 3 heteroatoms. The molecule has 0 amide bonds. The minimum absolute atomic E-state index is 0.742. The molecular formula is C13H22NOP. The predicted molar refractivity (Wildman–Crippen MR) is 73.0 cm³/mol. The number of allylic oxidation sites excluding steroid dienone is 3. The summed E-state index contributed by atoms with van der Waals surface area (Å²) in [6.45, 7) is 12.3. The van der Waals surface area contributed by atoms with Gasteiger partial charge in [0.2, 0.25) is 0 Å². The second-order valence-electron chi connectivity index (χ2n) is 4.05. The number of nitrogens with zero attached hydrogens (tertiary/aromatic N) is 1. The molecule has 1 aliphatic heterocycles. The van der Waals surface area contributed by atoms with E-state index in [1.165, 1.54) is 10.9 Å². The standard InChI is InChI=1S/C13H22NOP/c1-6-10(2)9-12(16-5)13-11(3)14(4)7-8-15-13/h9,16H,3,6-8H2,1-2,4-5H3/b10-9-,13-12-. The molecule has 0 radical (unpaired) electrons. The van der Waals surface area contributed by atoms with Gasteiger partial charge in [-0.25, -0.2) is 0 Å². The molecule has 1 fully saturated rings. The van der Waals surface area contributed by atoms with E-state index in [9.17, 15) is 0 Å². The van der Waals surface area contributed by atoms with Crippen LogP contribution in [-0.2, 0) is 4.74 Å². The van der Waals surface area contributed by atoms with Crippen LogP contribution in [0.4, 0.5) is 0 Å². The lowest BCUT2D eigenvalue weighted by molar-refractivity contribution is 0.142. The van der Waals surface area contributed by atoms with Crippen LogP contribution in [-0.4, -0.2) is 31.8 Å². The molecule has 2 nitrogen and oxygen atoms in total. The first-order valence-corrected chi connectivity index (χ1v) is 7.22. The molecule has 0 aliphatic carbocycles. The molecule has 1 aliphatic rings. The highest BCUT2D eigenvalue weighted by molar-refractivity contribution is 7.42. The van der Waals surface area contributed by atoms with Crippen molar-refractivity contribution in [1.82, 2.24) is 4.90 Å². The van der Waals surface area contributed by atoms with E-state index in [0.29, 0.717) is 0 Å². The highest BCUT2D eigenvalue weighted by atomic mass is 31.1. The van der Waals surface area contributed by atoms with Crippen molar-refractivity contribution in [3.63, 3.8) is 0 Å². The topological polar surface area (TPSA) is 12.5 Å². The van der Waals surface area contributed by atoms with Crippen molar-refractivity contribution in [2.24, 2.45) is 0 Å². The van der Waals surface area contributed by atoms with Crippen molar-refractivity contribution in [3.05, 3.63) is 35.0 Å². The number of rotatable bonds is 3. The summed E-state index contributed by atoms with van der Waals surface area (Å²) >= 11 is 0. The van der Waals surface area contributed by atoms with E-state index in [0.717, 1.165) is 39.6 Å². The molecule has 0 bridgehead atoms. The molecule has 1 atom stereocenters. The lowest BCUT2D eigenvalue weighted by Crippen LogP contribution is -2.29. The first-order chi connectivity index (χ1) is 7.60. The van der Waals surface area contributed by atoms with Crippen molar-refractivity contribution < 1.29 is 4.74 Å². The average molecular weight is 239 g/mol. The molecule has 1 heterocycles. The summed E-state index contributed by atoms with van der Waals surface area (Å²) in [5, 5.41) is 1.29. The quantitative estimate of drug-likeness (QED) is 0.700. The third-order valence-electron chi connectivity index (χ3n) is 2.86. The van der Waals surface area contributed by atoms with Gasteiger partial charge in [-0.3, -0.25) is 0 Å². The fourth-order valence-corrected chi connectivity index (χ4v) is 2.34. The molecule has 0 aromatic carbocycles. The molecule has 1 unspecified atom stereocenters. The molecule has 90 valence electrons. The molecule has 0 aromatic rings. The van der Waals surface area contributed by atoms with Gasteiger partial charge in [0.05, 0.1) is 12.2 Å². The van der Waals surface area contributed by atoms with Crippen LogP contribution in [0.15, 0.2) is 35.0 Å². The van der Waals surface area contributed by atoms with E-state index < -0.39 is 0 Å². The maximum absolute atomic E-state index is 5.76. The SMILES string of the molecule is C=C1/C(=C(\C=C(\C)CC)PC)OCCN1C. The van der Waals surface area contributed by atoms with Crippen molar-refractivity contribution in [2.75, 3.05) is 26.9 Å². The summed E-state index contributed by atoms with van der Waals surface area (Å²) < 4.78 is 5.76. The molecule has 0 N–H and O–H groups in total. The second kappa shape index (κ2) is 6.10. The van der Waals surface area contributed by atoms with Gasteiger partial charge in [0.1, 0.15) is 12.4 Å². The third-order valence-corrected chi connectivity index (χ3v) is 3.77. The Bertz CT molecular complexity index is 331. The Morgan fingerprint density at radius 3 is 2.88 bits per heavy atom. The van der Waals surface area contributed by atoms with E-state index in [4.69, 9.17) is 4.74 Å². The molecule has 0 aromatic heterocycles. The minimum atomic E-state index is 0.742. The summed E-state index contributed by atoms with van der Waals surface area (Å²) in [4.78, 5) is 2.16. The summed E-state index contributed by atoms with van der Waals surface area (Å²) in [7, 11) is 2.81. The Morgan fingerprint density at radius 2 is 2.31 bits per heavy atom. The van der Waals surface area contributed by atoms with E-state index in [-0.39, 0.29) is 0 Å². The lowest BCUT2D eigenvalue weighted by atomic mass is 10.2. The van der Waals surface area contributed by atoms with Gasteiger partial charge in [-0.2, -0.15) is 0 Å². The molecule has 1 rings (SSSR count). The predicted octanol–water partition coefficient (Wildman–Crippen LogP) is 3.34. The zero-order chi connectivity index (χ0) is 12.1. The van der Waals surface area contributed by atoms with Crippen LogP contribution < -0.4 is 0 Å². The molecule has 0 spiro atoms. The van der Waals surface area contributed by atoms with Crippen LogP contribution >= 0.6 is 8.58 Å². The fourth-order valence-electron chi connectivity index (χ4n) is 1.51. The summed E-state index contributed by atoms with van der Waals surface area (Å²) in [6.07, 6.45) is 3.34. The average Bonchev–Trinajstić information content (AvgIpc) is 2.29. The van der Waals surface area contributed by atoms with Gasteiger partial charge in [-0.15, -0.1) is 0 Å². The third kappa shape index (κ3) is 3.12. The molecule has 0 saturated carbocycles. The Hall–Kier alpha value is -0.750. The molecule has 16 heavy (non-hydrogen) atoms. The Balaban J connectivity index is 3.02. The van der Waals surface area contributed by atoms with Crippen LogP contribution in [0, 0.1) is 0 Å². The number of hydrogen-bond donors (Lipinski definition) is 0. The van der Waals surface area contributed by atoms with E-state index in [1.807, 2.05) is 0 Å². The van der Waals surface area contributed by atoms with Crippen LogP contribution in [0.25, 0.3) is 0 Å². The first kappa shape index (κ1) is 13.3. The van der Waals surface area contributed by atoms with Crippen LogP contribution in [0.5, 0.6) is 0 Å². The summed E-state index contributed by atoms with van der Waals surface area (Å²) in [5.74, 6) is 0.988. The van der Waals surface area contributed by atoms with Crippen molar-refractivity contribution in [1.29, 1.82) is 0 Å². The highest BCUT2D eigenvalue weighted by Crippen LogP contribution is 2.32. The Morgan fingerprint density at radius 1 is 1.62 bits per heavy atom. The number of morpholine rings is 1. The van der Waals surface area contributed by atoms with Crippen molar-refractivity contribution >= 4 is 8.58 Å². The van der Waals surface area contributed by atoms with Crippen molar-refractivity contribution in [3.8, 4) is 0 Å². The van der Waals surface area contributed by atoms with Crippen LogP contribution in [0.2, 0.25) is 0 Å². The van der Waals surface area contributed by atoms with Gasteiger partial charge < -0.3 is 9.64 Å². The zero-order valence-corrected chi connectivity index (χ0v) is 11.8. The van der Waals surface area contributed by atoms with E-state index >= 15 is 0 Å². The maximum Gasteiger partial charge on any atom is 0.149 e. The number of ether oxygens (including phenoxy) is 1. The minimum Gasteiger partial charge on any atom is -0.489 e. The van der Waals surface area contributed by atoms with Crippen LogP contribution in [0.3, 0.4) is 0 Å². The van der Waals surface area contributed by atoms with Crippen LogP contribution in [0.1, 0.15) is 20.3 Å². The normalized spacial score (nSPS) is 21.6. The second-order valence-corrected chi connectivity index (χ2v) is 5.09. The molecular weight excluding hydrogens is 217 g/mol. The number of hydrogen-bond acceptors (Lipinski definition) is 2. The summed E-state index contributed by atoms with van der Waals surface area (Å²) in [5.41, 5.74) is 2.40. The maximum atomic E-state index is 5.76. The van der Waals surface area contributed by atoms with Gasteiger partial charge in [0.25, 0.3) is 0 Å². The Kier molecular flexibility index (Phi) is 5.08. The Labute approximate surface area is 101 Å². The zero-order valence-electron chi connectivity index (χ0n) is 10.8. The largest absolute Gasteiger partial charge is 0.489 e. The first-order valence-electron chi connectivity index (χ1n) is 5.72. The van der Waals surface area contributed by atoms with Gasteiger partial charge in [-0.05, 0) is 20.0 Å². The van der Waals surface area contributed by atoms with Gasteiger partial charge >= 0.3 is 0 Å². The van der Waals surface area contributed by atoms with Gasteiger partial charge in [-0.1, -0.05) is 33.7 Å². The van der Waals surface area contributed by atoms with E-state index in [2.05, 4.69) is 45.1 Å².